The molecule has 1 aliphatic heterocycles. The van der Waals surface area contributed by atoms with E-state index in [-0.39, 0.29) is 0 Å². The summed E-state index contributed by atoms with van der Waals surface area (Å²) in [6.07, 6.45) is 2.72. The van der Waals surface area contributed by atoms with Gasteiger partial charge in [-0.1, -0.05) is 6.07 Å². The molecule has 2 rings (SSSR count). The number of likely N-dealkylation sites (N-methyl/N-ethyl adjacent to an activating group) is 1. The molecule has 102 valence electrons. The molecule has 1 unspecified atom stereocenters. The van der Waals surface area contributed by atoms with E-state index in [0.717, 1.165) is 31.9 Å². The lowest BCUT2D eigenvalue weighted by atomic mass is 10.2. The van der Waals surface area contributed by atoms with Gasteiger partial charge in [-0.05, 0) is 38.1 Å². The van der Waals surface area contributed by atoms with E-state index in [1.165, 1.54) is 6.42 Å². The quantitative estimate of drug-likeness (QED) is 0.785. The molecule has 0 aromatic heterocycles. The summed E-state index contributed by atoms with van der Waals surface area (Å²) >= 11 is 0. The number of hydrogen-bond acceptors (Lipinski definition) is 4. The lowest BCUT2D eigenvalue weighted by Crippen LogP contribution is -2.32. The van der Waals surface area contributed by atoms with Gasteiger partial charge in [-0.15, -0.1) is 0 Å². The van der Waals surface area contributed by atoms with E-state index in [4.69, 9.17) is 14.7 Å². The second kappa shape index (κ2) is 7.13. The summed E-state index contributed by atoms with van der Waals surface area (Å²) in [5, 5.41) is 8.81. The Morgan fingerprint density at radius 3 is 3.16 bits per heavy atom. The van der Waals surface area contributed by atoms with E-state index in [0.29, 0.717) is 18.3 Å². The minimum Gasteiger partial charge on any atom is -0.492 e. The average Bonchev–Trinajstić information content (AvgIpc) is 2.92. The normalized spacial score (nSPS) is 18.5. The highest BCUT2D eigenvalue weighted by Crippen LogP contribution is 2.14. The van der Waals surface area contributed by atoms with Gasteiger partial charge in [-0.25, -0.2) is 0 Å². The molecule has 0 radical (unpaired) electrons. The zero-order chi connectivity index (χ0) is 13.5. The first kappa shape index (κ1) is 13.9. The van der Waals surface area contributed by atoms with Crippen molar-refractivity contribution in [1.82, 2.24) is 4.90 Å². The van der Waals surface area contributed by atoms with Gasteiger partial charge in [0.15, 0.2) is 0 Å². The van der Waals surface area contributed by atoms with Gasteiger partial charge in [0.05, 0.1) is 17.7 Å². The number of nitriles is 1. The first-order chi connectivity index (χ1) is 9.28. The van der Waals surface area contributed by atoms with E-state index in [1.54, 1.807) is 12.1 Å². The molecular formula is C15H20N2O2. The van der Waals surface area contributed by atoms with Crippen molar-refractivity contribution in [3.05, 3.63) is 29.8 Å². The molecule has 1 saturated heterocycles. The molecule has 19 heavy (non-hydrogen) atoms. The molecule has 1 aromatic rings. The summed E-state index contributed by atoms with van der Waals surface area (Å²) in [5.74, 6) is 0.754. The van der Waals surface area contributed by atoms with Crippen LogP contribution in [0.1, 0.15) is 18.4 Å². The maximum Gasteiger partial charge on any atom is 0.120 e. The van der Waals surface area contributed by atoms with E-state index in [2.05, 4.69) is 18.0 Å². The maximum atomic E-state index is 8.81. The summed E-state index contributed by atoms with van der Waals surface area (Å²) in [6.45, 7) is 3.34. The number of rotatable bonds is 6. The predicted octanol–water partition coefficient (Wildman–Crippen LogP) is 2.05. The molecule has 4 nitrogen and oxygen atoms in total. The molecule has 1 heterocycles. The lowest BCUT2D eigenvalue weighted by Gasteiger charge is -2.20. The molecule has 0 aliphatic carbocycles. The van der Waals surface area contributed by atoms with Crippen LogP contribution in [-0.2, 0) is 4.74 Å². The third-order valence-electron chi connectivity index (χ3n) is 3.24. The van der Waals surface area contributed by atoms with Crippen LogP contribution < -0.4 is 4.74 Å². The van der Waals surface area contributed by atoms with Crippen LogP contribution in [0.4, 0.5) is 0 Å². The summed E-state index contributed by atoms with van der Waals surface area (Å²) in [6, 6.07) is 9.36. The van der Waals surface area contributed by atoms with Gasteiger partial charge in [-0.3, -0.25) is 0 Å². The fourth-order valence-electron chi connectivity index (χ4n) is 2.20. The topological polar surface area (TPSA) is 45.5 Å². The Morgan fingerprint density at radius 2 is 2.42 bits per heavy atom. The third-order valence-corrected chi connectivity index (χ3v) is 3.24. The number of ether oxygens (including phenoxy) is 2. The SMILES string of the molecule is CN(CCOc1cccc(C#N)c1)CC1CCCO1. The first-order valence-electron chi connectivity index (χ1n) is 6.71. The molecule has 0 amide bonds. The van der Waals surface area contributed by atoms with Crippen LogP contribution >= 0.6 is 0 Å². The standard InChI is InChI=1S/C15H20N2O2/c1-17(12-15-6-3-8-18-15)7-9-19-14-5-2-4-13(10-14)11-16/h2,4-5,10,15H,3,6-9,12H2,1H3. The smallest absolute Gasteiger partial charge is 0.120 e. The summed E-state index contributed by atoms with van der Waals surface area (Å²) in [5.41, 5.74) is 0.630. The monoisotopic (exact) mass is 260 g/mol. The van der Waals surface area contributed by atoms with Crippen LogP contribution in [0.3, 0.4) is 0 Å². The highest BCUT2D eigenvalue weighted by atomic mass is 16.5. The minimum absolute atomic E-state index is 0.381. The Balaban J connectivity index is 1.69. The Hall–Kier alpha value is -1.57. The van der Waals surface area contributed by atoms with Crippen molar-refractivity contribution in [1.29, 1.82) is 5.26 Å². The van der Waals surface area contributed by atoms with Crippen LogP contribution in [0.15, 0.2) is 24.3 Å². The molecule has 1 aliphatic rings. The largest absolute Gasteiger partial charge is 0.492 e. The highest BCUT2D eigenvalue weighted by Gasteiger charge is 2.16. The van der Waals surface area contributed by atoms with Gasteiger partial charge in [0.2, 0.25) is 0 Å². The van der Waals surface area contributed by atoms with Crippen molar-refractivity contribution in [2.75, 3.05) is 33.4 Å². The van der Waals surface area contributed by atoms with Crippen molar-refractivity contribution in [3.8, 4) is 11.8 Å². The van der Waals surface area contributed by atoms with Gasteiger partial charge >= 0.3 is 0 Å². The number of hydrogen-bond donors (Lipinski definition) is 0. The molecule has 0 spiro atoms. The van der Waals surface area contributed by atoms with Crippen molar-refractivity contribution >= 4 is 0 Å². The van der Waals surface area contributed by atoms with E-state index in [1.807, 2.05) is 12.1 Å². The van der Waals surface area contributed by atoms with Crippen LogP contribution in [0.25, 0.3) is 0 Å². The van der Waals surface area contributed by atoms with Crippen LogP contribution in [0, 0.1) is 11.3 Å². The molecule has 1 atom stereocenters. The fourth-order valence-corrected chi connectivity index (χ4v) is 2.20. The molecule has 0 saturated carbocycles. The Labute approximate surface area is 114 Å². The molecule has 1 fully saturated rings. The van der Waals surface area contributed by atoms with Crippen LogP contribution in [0.5, 0.6) is 5.75 Å². The molecule has 4 heteroatoms. The van der Waals surface area contributed by atoms with Crippen molar-refractivity contribution in [3.63, 3.8) is 0 Å². The second-order valence-electron chi connectivity index (χ2n) is 4.89. The average molecular weight is 260 g/mol. The first-order valence-corrected chi connectivity index (χ1v) is 6.71. The summed E-state index contributed by atoms with van der Waals surface area (Å²) in [4.78, 5) is 2.23. The van der Waals surface area contributed by atoms with Gasteiger partial charge in [0, 0.05) is 19.7 Å². The van der Waals surface area contributed by atoms with Gasteiger partial charge < -0.3 is 14.4 Å². The zero-order valence-corrected chi connectivity index (χ0v) is 11.3. The summed E-state index contributed by atoms with van der Waals surface area (Å²) in [7, 11) is 2.08. The lowest BCUT2D eigenvalue weighted by molar-refractivity contribution is 0.0771. The minimum atomic E-state index is 0.381. The number of nitrogens with zero attached hydrogens (tertiary/aromatic N) is 2. The van der Waals surface area contributed by atoms with Crippen LogP contribution in [0.2, 0.25) is 0 Å². The van der Waals surface area contributed by atoms with Gasteiger partial charge in [0.1, 0.15) is 12.4 Å². The molecule has 0 N–H and O–H groups in total. The molecule has 0 bridgehead atoms. The Morgan fingerprint density at radius 1 is 1.53 bits per heavy atom. The maximum absolute atomic E-state index is 8.81. The highest BCUT2D eigenvalue weighted by molar-refractivity contribution is 5.36. The van der Waals surface area contributed by atoms with Gasteiger partial charge in [-0.2, -0.15) is 5.26 Å². The summed E-state index contributed by atoms with van der Waals surface area (Å²) < 4.78 is 11.2. The van der Waals surface area contributed by atoms with E-state index < -0.39 is 0 Å². The zero-order valence-electron chi connectivity index (χ0n) is 11.3. The van der Waals surface area contributed by atoms with Crippen molar-refractivity contribution in [2.45, 2.75) is 18.9 Å². The second-order valence-corrected chi connectivity index (χ2v) is 4.89. The molecular weight excluding hydrogens is 240 g/mol. The van der Waals surface area contributed by atoms with Crippen molar-refractivity contribution in [2.24, 2.45) is 0 Å². The predicted molar refractivity (Wildman–Crippen MR) is 73.1 cm³/mol. The van der Waals surface area contributed by atoms with E-state index in [9.17, 15) is 0 Å². The third kappa shape index (κ3) is 4.55. The van der Waals surface area contributed by atoms with E-state index >= 15 is 0 Å². The van der Waals surface area contributed by atoms with Crippen LogP contribution in [-0.4, -0.2) is 44.4 Å². The molecule has 1 aromatic carbocycles. The fraction of sp³-hybridized carbons (Fsp3) is 0.533. The van der Waals surface area contributed by atoms with Gasteiger partial charge in [0.25, 0.3) is 0 Å². The number of benzene rings is 1. The van der Waals surface area contributed by atoms with Crippen molar-refractivity contribution < 1.29 is 9.47 Å². The Kier molecular flexibility index (Phi) is 5.20. The Bertz CT molecular complexity index is 436.